The van der Waals surface area contributed by atoms with E-state index in [0.29, 0.717) is 18.5 Å². The molecule has 2 N–H and O–H groups in total. The molecule has 0 amide bonds. The van der Waals surface area contributed by atoms with Gasteiger partial charge in [0.05, 0.1) is 0 Å². The summed E-state index contributed by atoms with van der Waals surface area (Å²) in [5.74, 6) is -1.01. The molecule has 102 valence electrons. The van der Waals surface area contributed by atoms with Crippen LogP contribution in [0.5, 0.6) is 0 Å². The van der Waals surface area contributed by atoms with E-state index in [9.17, 15) is 8.78 Å². The molecule has 0 radical (unpaired) electrons. The van der Waals surface area contributed by atoms with Crippen LogP contribution in [0.15, 0.2) is 12.1 Å². The van der Waals surface area contributed by atoms with Crippen LogP contribution in [0.25, 0.3) is 0 Å². The van der Waals surface area contributed by atoms with E-state index < -0.39 is 11.6 Å². The number of hydrogen-bond acceptors (Lipinski definition) is 2. The lowest BCUT2D eigenvalue weighted by Crippen LogP contribution is -2.32. The Morgan fingerprint density at radius 3 is 2.06 bits per heavy atom. The Bertz CT molecular complexity index is 366. The van der Waals surface area contributed by atoms with Crippen molar-refractivity contribution in [2.75, 3.05) is 18.5 Å². The summed E-state index contributed by atoms with van der Waals surface area (Å²) in [6.45, 7) is 4.42. The van der Waals surface area contributed by atoms with Gasteiger partial charge in [0.15, 0.2) is 0 Å². The monoisotopic (exact) mass is 256 g/mol. The normalized spacial score (nSPS) is 11.1. The molecule has 0 saturated carbocycles. The highest BCUT2D eigenvalue weighted by Gasteiger charge is 2.19. The first-order valence-electron chi connectivity index (χ1n) is 6.45. The molecule has 0 aliphatic carbocycles. The van der Waals surface area contributed by atoms with E-state index in [1.54, 1.807) is 11.9 Å². The highest BCUT2D eigenvalue weighted by Crippen LogP contribution is 2.27. The Hall–Kier alpha value is -1.16. The fourth-order valence-electron chi connectivity index (χ4n) is 2.28. The van der Waals surface area contributed by atoms with Crippen LogP contribution in [0.4, 0.5) is 14.5 Å². The van der Waals surface area contributed by atoms with Gasteiger partial charge in [0.25, 0.3) is 0 Å². The Morgan fingerprint density at radius 1 is 1.17 bits per heavy atom. The molecule has 0 heterocycles. The minimum atomic E-state index is -0.507. The average molecular weight is 256 g/mol. The molecular formula is C14H22F2N2. The minimum Gasteiger partial charge on any atom is -0.367 e. The number of nitrogens with two attached hydrogens (primary N) is 1. The van der Waals surface area contributed by atoms with E-state index in [4.69, 9.17) is 5.73 Å². The lowest BCUT2D eigenvalue weighted by Gasteiger charge is -2.29. The molecule has 0 aliphatic heterocycles. The third kappa shape index (κ3) is 3.19. The van der Waals surface area contributed by atoms with Gasteiger partial charge >= 0.3 is 0 Å². The molecule has 1 rings (SSSR count). The summed E-state index contributed by atoms with van der Waals surface area (Å²) in [6.07, 6.45) is 2.20. The highest BCUT2D eigenvalue weighted by molar-refractivity contribution is 5.51. The molecule has 0 saturated heterocycles. The van der Waals surface area contributed by atoms with Crippen LogP contribution in [0.2, 0.25) is 0 Å². The lowest BCUT2D eigenvalue weighted by atomic mass is 10.1. The van der Waals surface area contributed by atoms with Crippen molar-refractivity contribution < 1.29 is 8.78 Å². The van der Waals surface area contributed by atoms with Crippen LogP contribution in [0.3, 0.4) is 0 Å². The quantitative estimate of drug-likeness (QED) is 0.847. The summed E-state index contributed by atoms with van der Waals surface area (Å²) in [6, 6.07) is 2.91. The molecule has 0 fully saturated rings. The maximum absolute atomic E-state index is 14.0. The zero-order valence-electron chi connectivity index (χ0n) is 11.3. The smallest absolute Gasteiger partial charge is 0.149 e. The fourth-order valence-corrected chi connectivity index (χ4v) is 2.28. The van der Waals surface area contributed by atoms with Gasteiger partial charge in [-0.25, -0.2) is 8.78 Å². The number of benzene rings is 1. The standard InChI is InChI=1S/C14H22F2N2/c1-4-11(5-2)18(3)14-12(15)8-10(6-7-17)9-13(14)16/h8-9,11H,4-7,17H2,1-3H3. The van der Waals surface area contributed by atoms with Crippen molar-refractivity contribution in [1.82, 2.24) is 0 Å². The van der Waals surface area contributed by atoms with Gasteiger partial charge in [-0.15, -0.1) is 0 Å². The summed E-state index contributed by atoms with van der Waals surface area (Å²) in [5.41, 5.74) is 6.06. The van der Waals surface area contributed by atoms with Crippen molar-refractivity contribution in [3.63, 3.8) is 0 Å². The first kappa shape index (κ1) is 14.9. The Kier molecular flexibility index (Phi) is 5.54. The SMILES string of the molecule is CCC(CC)N(C)c1c(F)cc(CCN)cc1F. The van der Waals surface area contributed by atoms with E-state index in [0.717, 1.165) is 12.8 Å². The largest absolute Gasteiger partial charge is 0.367 e. The van der Waals surface area contributed by atoms with Gasteiger partial charge in [0.1, 0.15) is 17.3 Å². The predicted octanol–water partition coefficient (Wildman–Crippen LogP) is 3.09. The van der Waals surface area contributed by atoms with Crippen molar-refractivity contribution in [3.05, 3.63) is 29.3 Å². The number of hydrogen-bond donors (Lipinski definition) is 1. The first-order valence-corrected chi connectivity index (χ1v) is 6.45. The van der Waals surface area contributed by atoms with E-state index >= 15 is 0 Å². The van der Waals surface area contributed by atoms with Crippen LogP contribution in [0.1, 0.15) is 32.3 Å². The molecule has 0 spiro atoms. The van der Waals surface area contributed by atoms with E-state index in [1.807, 2.05) is 13.8 Å². The van der Waals surface area contributed by atoms with Crippen LogP contribution in [0, 0.1) is 11.6 Å². The first-order chi connectivity index (χ1) is 8.54. The second-order valence-electron chi connectivity index (χ2n) is 4.53. The van der Waals surface area contributed by atoms with Crippen LogP contribution in [-0.2, 0) is 6.42 Å². The van der Waals surface area contributed by atoms with E-state index in [-0.39, 0.29) is 11.7 Å². The van der Waals surface area contributed by atoms with Crippen LogP contribution >= 0.6 is 0 Å². The maximum atomic E-state index is 14.0. The van der Waals surface area contributed by atoms with Crippen molar-refractivity contribution in [2.45, 2.75) is 39.2 Å². The lowest BCUT2D eigenvalue weighted by molar-refractivity contribution is 0.534. The number of rotatable bonds is 6. The predicted molar refractivity (Wildman–Crippen MR) is 71.9 cm³/mol. The van der Waals surface area contributed by atoms with Gasteiger partial charge in [-0.3, -0.25) is 0 Å². The van der Waals surface area contributed by atoms with Gasteiger partial charge < -0.3 is 10.6 Å². The van der Waals surface area contributed by atoms with Crippen molar-refractivity contribution in [2.24, 2.45) is 5.73 Å². The molecular weight excluding hydrogens is 234 g/mol. The van der Waals surface area contributed by atoms with Crippen molar-refractivity contribution in [3.8, 4) is 0 Å². The third-order valence-corrected chi connectivity index (χ3v) is 3.35. The number of anilines is 1. The summed E-state index contributed by atoms with van der Waals surface area (Å²) in [4.78, 5) is 1.69. The number of halogens is 2. The zero-order valence-corrected chi connectivity index (χ0v) is 11.3. The molecule has 4 heteroatoms. The topological polar surface area (TPSA) is 29.3 Å². The van der Waals surface area contributed by atoms with Crippen molar-refractivity contribution >= 4 is 5.69 Å². The maximum Gasteiger partial charge on any atom is 0.149 e. The summed E-state index contributed by atoms with van der Waals surface area (Å²) >= 11 is 0. The molecule has 0 aliphatic rings. The zero-order chi connectivity index (χ0) is 13.7. The van der Waals surface area contributed by atoms with E-state index in [2.05, 4.69) is 0 Å². The molecule has 0 bridgehead atoms. The molecule has 0 aromatic heterocycles. The van der Waals surface area contributed by atoms with Crippen LogP contribution < -0.4 is 10.6 Å². The van der Waals surface area contributed by atoms with E-state index in [1.165, 1.54) is 12.1 Å². The fraction of sp³-hybridized carbons (Fsp3) is 0.571. The molecule has 2 nitrogen and oxygen atoms in total. The van der Waals surface area contributed by atoms with Crippen LogP contribution in [-0.4, -0.2) is 19.6 Å². The van der Waals surface area contributed by atoms with Gasteiger partial charge in [-0.2, -0.15) is 0 Å². The Balaban J connectivity index is 3.09. The van der Waals surface area contributed by atoms with Gasteiger partial charge in [0, 0.05) is 13.1 Å². The Labute approximate surface area is 108 Å². The molecule has 0 atom stereocenters. The number of nitrogens with zero attached hydrogens (tertiary/aromatic N) is 1. The van der Waals surface area contributed by atoms with Gasteiger partial charge in [-0.1, -0.05) is 13.8 Å². The summed E-state index contributed by atoms with van der Waals surface area (Å²) in [7, 11) is 1.74. The van der Waals surface area contributed by atoms with Crippen molar-refractivity contribution in [1.29, 1.82) is 0 Å². The minimum absolute atomic E-state index is 0.0597. The summed E-state index contributed by atoms with van der Waals surface area (Å²) < 4.78 is 28.0. The third-order valence-electron chi connectivity index (χ3n) is 3.35. The van der Waals surface area contributed by atoms with Gasteiger partial charge in [0.2, 0.25) is 0 Å². The molecule has 1 aromatic carbocycles. The highest BCUT2D eigenvalue weighted by atomic mass is 19.1. The van der Waals surface area contributed by atoms with Gasteiger partial charge in [-0.05, 0) is 43.5 Å². The molecule has 0 unspecified atom stereocenters. The second kappa shape index (κ2) is 6.69. The second-order valence-corrected chi connectivity index (χ2v) is 4.53. The average Bonchev–Trinajstić information content (AvgIpc) is 2.30. The Morgan fingerprint density at radius 2 is 1.67 bits per heavy atom. The molecule has 1 aromatic rings. The summed E-state index contributed by atoms with van der Waals surface area (Å²) in [5, 5.41) is 0. The molecule has 18 heavy (non-hydrogen) atoms.